The zero-order valence-electron chi connectivity index (χ0n) is 22.8. The fourth-order valence-corrected chi connectivity index (χ4v) is 5.98. The summed E-state index contributed by atoms with van der Waals surface area (Å²) in [5.74, 6) is -2.47. The molecule has 40 heavy (non-hydrogen) atoms. The van der Waals surface area contributed by atoms with Gasteiger partial charge in [-0.25, -0.2) is 8.78 Å². The Morgan fingerprint density at radius 3 is 2.62 bits per heavy atom. The molecule has 2 heterocycles. The fraction of sp³-hybridized carbons (Fsp3) is 0.452. The molecule has 2 amide bonds. The first-order valence-corrected chi connectivity index (χ1v) is 14.2. The van der Waals surface area contributed by atoms with E-state index in [0.717, 1.165) is 37.9 Å². The minimum atomic E-state index is -0.805. The molecule has 2 fully saturated rings. The smallest absolute Gasteiger partial charge is 0.273 e. The Morgan fingerprint density at radius 1 is 1.05 bits per heavy atom. The molecule has 212 valence electrons. The lowest BCUT2D eigenvalue weighted by atomic mass is 9.87. The number of nitrogens with zero attached hydrogens (tertiary/aromatic N) is 2. The molecule has 2 aromatic carbocycles. The predicted molar refractivity (Wildman–Crippen MR) is 148 cm³/mol. The van der Waals surface area contributed by atoms with E-state index in [2.05, 4.69) is 39.7 Å². The number of likely N-dealkylation sites (tertiary alicyclic amines) is 1. The van der Waals surface area contributed by atoms with Gasteiger partial charge in [0.1, 0.15) is 11.6 Å². The van der Waals surface area contributed by atoms with Gasteiger partial charge in [-0.05, 0) is 55.9 Å². The number of nitrogens with one attached hydrogen (secondary N) is 2. The van der Waals surface area contributed by atoms with Gasteiger partial charge in [0.15, 0.2) is 11.5 Å². The fourth-order valence-electron chi connectivity index (χ4n) is 5.98. The van der Waals surface area contributed by atoms with Crippen LogP contribution in [-0.2, 0) is 11.2 Å². The Hall–Kier alpha value is -3.59. The van der Waals surface area contributed by atoms with Crippen molar-refractivity contribution < 1.29 is 22.9 Å². The molecule has 3 aromatic rings. The average Bonchev–Trinajstić information content (AvgIpc) is 3.45. The van der Waals surface area contributed by atoms with Crippen molar-refractivity contribution in [2.24, 2.45) is 5.92 Å². The Labute approximate surface area is 233 Å². The third kappa shape index (κ3) is 6.58. The van der Waals surface area contributed by atoms with Crippen LogP contribution in [0, 0.1) is 24.5 Å². The number of hydrogen-bond acceptors (Lipinski definition) is 5. The van der Waals surface area contributed by atoms with Crippen LogP contribution in [0.4, 0.5) is 8.78 Å². The Morgan fingerprint density at radius 2 is 1.85 bits per heavy atom. The molecule has 2 atom stereocenters. The second kappa shape index (κ2) is 12.7. The van der Waals surface area contributed by atoms with E-state index in [0.29, 0.717) is 25.6 Å². The van der Waals surface area contributed by atoms with Gasteiger partial charge in [0, 0.05) is 43.9 Å². The topological polar surface area (TPSA) is 87.5 Å². The van der Waals surface area contributed by atoms with Crippen LogP contribution in [0.5, 0.6) is 0 Å². The third-order valence-electron chi connectivity index (χ3n) is 8.28. The van der Waals surface area contributed by atoms with Crippen molar-refractivity contribution in [3.8, 4) is 11.3 Å². The van der Waals surface area contributed by atoms with Gasteiger partial charge in [0.2, 0.25) is 5.91 Å². The van der Waals surface area contributed by atoms with Crippen LogP contribution >= 0.6 is 0 Å². The molecule has 0 radical (unpaired) electrons. The standard InChI is InChI=1S/C31H36F2N4O3/c1-20-7-5-6-8-21(20)13-15-34-30(38)25-19-37(23-9-3-2-4-10-23)16-14-27(25)35-31(39)28-18-29(40-36-28)24-12-11-22(32)17-26(24)33/h5-8,11-12,17-18,23,25,27H,2-4,9-10,13-16,19H2,1H3,(H,34,38)(H,35,39)/t25-,27-/m1/s1. The molecule has 0 bridgehead atoms. The van der Waals surface area contributed by atoms with E-state index in [1.807, 2.05) is 12.1 Å². The Kier molecular flexibility index (Phi) is 8.89. The summed E-state index contributed by atoms with van der Waals surface area (Å²) in [6.45, 7) is 3.95. The average molecular weight is 551 g/mol. The summed E-state index contributed by atoms with van der Waals surface area (Å²) in [5.41, 5.74) is 2.38. The minimum absolute atomic E-state index is 0.0136. The van der Waals surface area contributed by atoms with Gasteiger partial charge in [-0.1, -0.05) is 48.7 Å². The normalized spacial score (nSPS) is 20.3. The van der Waals surface area contributed by atoms with Crippen molar-refractivity contribution in [3.63, 3.8) is 0 Å². The SMILES string of the molecule is Cc1ccccc1CCNC(=O)[C@@H]1CN(C2CCCCC2)CC[C@H]1NC(=O)c1cc(-c2ccc(F)cc2F)on1. The number of aryl methyl sites for hydroxylation is 1. The minimum Gasteiger partial charge on any atom is -0.355 e. The van der Waals surface area contributed by atoms with Crippen molar-refractivity contribution in [1.29, 1.82) is 0 Å². The third-order valence-corrected chi connectivity index (χ3v) is 8.28. The van der Waals surface area contributed by atoms with E-state index >= 15 is 0 Å². The lowest BCUT2D eigenvalue weighted by molar-refractivity contribution is -0.128. The molecular formula is C31H36F2N4O3. The molecule has 1 aliphatic heterocycles. The Balaban J connectivity index is 1.26. The van der Waals surface area contributed by atoms with Crippen LogP contribution in [0.1, 0.15) is 60.1 Å². The van der Waals surface area contributed by atoms with Gasteiger partial charge in [-0.3, -0.25) is 14.5 Å². The first kappa shape index (κ1) is 28.0. The zero-order chi connectivity index (χ0) is 28.1. The van der Waals surface area contributed by atoms with Crippen molar-refractivity contribution in [2.75, 3.05) is 19.6 Å². The lowest BCUT2D eigenvalue weighted by Crippen LogP contribution is -2.58. The van der Waals surface area contributed by atoms with E-state index < -0.39 is 23.5 Å². The highest BCUT2D eigenvalue weighted by atomic mass is 19.1. The summed E-state index contributed by atoms with van der Waals surface area (Å²) in [5, 5.41) is 9.91. The maximum atomic E-state index is 14.2. The molecular weight excluding hydrogens is 514 g/mol. The molecule has 5 rings (SSSR count). The van der Waals surface area contributed by atoms with Crippen LogP contribution in [0.25, 0.3) is 11.3 Å². The lowest BCUT2D eigenvalue weighted by Gasteiger charge is -2.43. The second-order valence-electron chi connectivity index (χ2n) is 10.9. The molecule has 2 N–H and O–H groups in total. The molecule has 1 aromatic heterocycles. The van der Waals surface area contributed by atoms with E-state index in [4.69, 9.17) is 4.52 Å². The van der Waals surface area contributed by atoms with Crippen molar-refractivity contribution >= 4 is 11.8 Å². The van der Waals surface area contributed by atoms with E-state index in [1.54, 1.807) is 0 Å². The largest absolute Gasteiger partial charge is 0.355 e. The van der Waals surface area contributed by atoms with Crippen LogP contribution in [0.3, 0.4) is 0 Å². The monoisotopic (exact) mass is 550 g/mol. The highest BCUT2D eigenvalue weighted by Gasteiger charge is 2.38. The van der Waals surface area contributed by atoms with Crippen molar-refractivity contribution in [3.05, 3.63) is 77.0 Å². The van der Waals surface area contributed by atoms with Gasteiger partial charge in [0.05, 0.1) is 11.5 Å². The number of rotatable bonds is 8. The summed E-state index contributed by atoms with van der Waals surface area (Å²) in [6.07, 6.45) is 7.31. The summed E-state index contributed by atoms with van der Waals surface area (Å²) >= 11 is 0. The first-order chi connectivity index (χ1) is 19.4. The van der Waals surface area contributed by atoms with Gasteiger partial charge >= 0.3 is 0 Å². The van der Waals surface area contributed by atoms with Crippen LogP contribution in [-0.4, -0.2) is 53.6 Å². The molecule has 0 unspecified atom stereocenters. The molecule has 1 saturated heterocycles. The summed E-state index contributed by atoms with van der Waals surface area (Å²) in [7, 11) is 0. The van der Waals surface area contributed by atoms with E-state index in [-0.39, 0.29) is 29.0 Å². The number of amides is 2. The first-order valence-electron chi connectivity index (χ1n) is 14.2. The predicted octanol–water partition coefficient (Wildman–Crippen LogP) is 5.04. The molecule has 1 aliphatic carbocycles. The molecule has 2 aliphatic rings. The molecule has 1 saturated carbocycles. The number of halogens is 2. The summed E-state index contributed by atoms with van der Waals surface area (Å²) in [6, 6.07) is 12.7. The number of piperidine rings is 1. The number of hydrogen-bond donors (Lipinski definition) is 2. The summed E-state index contributed by atoms with van der Waals surface area (Å²) in [4.78, 5) is 29.1. The van der Waals surface area contributed by atoms with E-state index in [1.165, 1.54) is 42.5 Å². The van der Waals surface area contributed by atoms with Gasteiger partial charge in [0.25, 0.3) is 5.91 Å². The molecule has 7 nitrogen and oxygen atoms in total. The van der Waals surface area contributed by atoms with Crippen LogP contribution in [0.2, 0.25) is 0 Å². The van der Waals surface area contributed by atoms with Gasteiger partial charge in [-0.2, -0.15) is 0 Å². The number of benzene rings is 2. The van der Waals surface area contributed by atoms with Crippen molar-refractivity contribution in [2.45, 2.75) is 64.0 Å². The van der Waals surface area contributed by atoms with Gasteiger partial charge < -0.3 is 15.2 Å². The zero-order valence-corrected chi connectivity index (χ0v) is 22.8. The van der Waals surface area contributed by atoms with Crippen LogP contribution in [0.15, 0.2) is 53.1 Å². The maximum absolute atomic E-state index is 14.2. The van der Waals surface area contributed by atoms with Gasteiger partial charge in [-0.15, -0.1) is 0 Å². The van der Waals surface area contributed by atoms with Crippen molar-refractivity contribution in [1.82, 2.24) is 20.7 Å². The summed E-state index contributed by atoms with van der Waals surface area (Å²) < 4.78 is 32.7. The quantitative estimate of drug-likeness (QED) is 0.410. The molecule has 9 heteroatoms. The van der Waals surface area contributed by atoms with Crippen LogP contribution < -0.4 is 10.6 Å². The molecule has 0 spiro atoms. The Bertz CT molecular complexity index is 1340. The highest BCUT2D eigenvalue weighted by molar-refractivity contribution is 5.94. The second-order valence-corrected chi connectivity index (χ2v) is 10.9. The number of carbonyl (C=O) groups is 2. The van der Waals surface area contributed by atoms with E-state index in [9.17, 15) is 18.4 Å². The highest BCUT2D eigenvalue weighted by Crippen LogP contribution is 2.28. The number of aromatic nitrogens is 1. The number of carbonyl (C=O) groups excluding carboxylic acids is 2. The maximum Gasteiger partial charge on any atom is 0.273 e.